The molecule has 0 unspecified atom stereocenters. The van der Waals surface area contributed by atoms with E-state index in [1.165, 1.54) is 0 Å². The SMILES string of the molecule is O=CCN=CCCC=NCC=O. The molecule has 0 heterocycles. The van der Waals surface area contributed by atoms with Gasteiger partial charge in [-0.1, -0.05) is 0 Å². The number of hydrogen-bond donors (Lipinski definition) is 0. The Morgan fingerprint density at radius 1 is 0.833 bits per heavy atom. The first kappa shape index (κ1) is 10.7. The van der Waals surface area contributed by atoms with Crippen LogP contribution in [0.2, 0.25) is 0 Å². The third kappa shape index (κ3) is 8.68. The van der Waals surface area contributed by atoms with Crippen LogP contribution in [0.5, 0.6) is 0 Å². The van der Waals surface area contributed by atoms with E-state index in [4.69, 9.17) is 0 Å². The second-order valence-electron chi connectivity index (χ2n) is 2.01. The number of unbranched alkanes of at least 4 members (excludes halogenated alkanes) is 1. The van der Waals surface area contributed by atoms with E-state index in [1.54, 1.807) is 12.4 Å². The van der Waals surface area contributed by atoms with Gasteiger partial charge >= 0.3 is 0 Å². The maximum atomic E-state index is 9.80. The highest BCUT2D eigenvalue weighted by atomic mass is 16.1. The van der Waals surface area contributed by atoms with Crippen molar-refractivity contribution in [2.45, 2.75) is 12.8 Å². The number of carbonyl (C=O) groups excluding carboxylic acids is 2. The highest BCUT2D eigenvalue weighted by molar-refractivity contribution is 5.68. The molecule has 0 aliphatic carbocycles. The largest absolute Gasteiger partial charge is 0.301 e. The molecular formula is C8H12N2O2. The van der Waals surface area contributed by atoms with Gasteiger partial charge in [0.15, 0.2) is 0 Å². The predicted octanol–water partition coefficient (Wildman–Crippen LogP) is 0.306. The van der Waals surface area contributed by atoms with Crippen LogP contribution in [0.15, 0.2) is 9.98 Å². The van der Waals surface area contributed by atoms with E-state index in [2.05, 4.69) is 9.98 Å². The van der Waals surface area contributed by atoms with Crippen LogP contribution >= 0.6 is 0 Å². The molecule has 0 amide bonds. The van der Waals surface area contributed by atoms with E-state index >= 15 is 0 Å². The summed E-state index contributed by atoms with van der Waals surface area (Å²) < 4.78 is 0. The summed E-state index contributed by atoms with van der Waals surface area (Å²) in [5, 5.41) is 0. The maximum absolute atomic E-state index is 9.80. The van der Waals surface area contributed by atoms with E-state index in [0.29, 0.717) is 0 Å². The number of aldehydes is 2. The van der Waals surface area contributed by atoms with Crippen molar-refractivity contribution in [1.82, 2.24) is 0 Å². The molecular weight excluding hydrogens is 156 g/mol. The van der Waals surface area contributed by atoms with Crippen molar-refractivity contribution in [2.24, 2.45) is 9.98 Å². The molecule has 4 heteroatoms. The first-order valence-electron chi connectivity index (χ1n) is 3.75. The molecule has 0 radical (unpaired) electrons. The van der Waals surface area contributed by atoms with Crippen LogP contribution < -0.4 is 0 Å². The number of rotatable bonds is 7. The van der Waals surface area contributed by atoms with Crippen molar-refractivity contribution >= 4 is 25.0 Å². The standard InChI is InChI=1S/C8H12N2O2/c11-7-5-9-3-1-2-4-10-6-8-12/h3-4,7-8H,1-2,5-6H2. The highest BCUT2D eigenvalue weighted by Gasteiger charge is 1.78. The van der Waals surface area contributed by atoms with Crippen LogP contribution in [-0.2, 0) is 9.59 Å². The molecule has 12 heavy (non-hydrogen) atoms. The minimum Gasteiger partial charge on any atom is -0.301 e. The summed E-state index contributed by atoms with van der Waals surface area (Å²) in [5.41, 5.74) is 0. The molecule has 0 rings (SSSR count). The first-order valence-corrected chi connectivity index (χ1v) is 3.75. The summed E-state index contributed by atoms with van der Waals surface area (Å²) in [6.07, 6.45) is 6.38. The van der Waals surface area contributed by atoms with Crippen molar-refractivity contribution in [3.63, 3.8) is 0 Å². The summed E-state index contributed by atoms with van der Waals surface area (Å²) in [7, 11) is 0. The van der Waals surface area contributed by atoms with Crippen LogP contribution in [0.25, 0.3) is 0 Å². The minimum absolute atomic E-state index is 0.228. The summed E-state index contributed by atoms with van der Waals surface area (Å²) in [5.74, 6) is 0. The molecule has 0 aliphatic rings. The van der Waals surface area contributed by atoms with Crippen LogP contribution in [0.3, 0.4) is 0 Å². The van der Waals surface area contributed by atoms with Gasteiger partial charge in [0.05, 0.1) is 13.1 Å². The van der Waals surface area contributed by atoms with Gasteiger partial charge in [-0.25, -0.2) is 0 Å². The number of nitrogens with zero attached hydrogens (tertiary/aromatic N) is 2. The van der Waals surface area contributed by atoms with Crippen molar-refractivity contribution in [2.75, 3.05) is 13.1 Å². The average Bonchev–Trinajstić information content (AvgIpc) is 2.10. The molecule has 0 saturated heterocycles. The quantitative estimate of drug-likeness (QED) is 0.312. The molecule has 4 nitrogen and oxygen atoms in total. The second kappa shape index (κ2) is 9.68. The molecule has 0 aromatic heterocycles. The molecule has 0 aromatic rings. The fourth-order valence-corrected chi connectivity index (χ4v) is 0.567. The second-order valence-corrected chi connectivity index (χ2v) is 2.01. The van der Waals surface area contributed by atoms with Gasteiger partial charge in [-0.3, -0.25) is 9.98 Å². The highest BCUT2D eigenvalue weighted by Crippen LogP contribution is 1.80. The van der Waals surface area contributed by atoms with Crippen molar-refractivity contribution in [3.8, 4) is 0 Å². The molecule has 0 bridgehead atoms. The molecule has 0 N–H and O–H groups in total. The fraction of sp³-hybridized carbons (Fsp3) is 0.500. The Labute approximate surface area is 71.4 Å². The van der Waals surface area contributed by atoms with Gasteiger partial charge < -0.3 is 9.59 Å². The Morgan fingerprint density at radius 3 is 1.58 bits per heavy atom. The molecule has 0 saturated carbocycles. The Kier molecular flexibility index (Phi) is 8.62. The third-order valence-electron chi connectivity index (χ3n) is 1.04. The Morgan fingerprint density at radius 2 is 1.25 bits per heavy atom. The van der Waals surface area contributed by atoms with Gasteiger partial charge in [0.2, 0.25) is 0 Å². The predicted molar refractivity (Wildman–Crippen MR) is 48.1 cm³/mol. The van der Waals surface area contributed by atoms with E-state index in [1.807, 2.05) is 0 Å². The molecule has 0 fully saturated rings. The van der Waals surface area contributed by atoms with Crippen molar-refractivity contribution < 1.29 is 9.59 Å². The monoisotopic (exact) mass is 168 g/mol. The zero-order valence-corrected chi connectivity index (χ0v) is 6.85. The van der Waals surface area contributed by atoms with Gasteiger partial charge in [0, 0.05) is 0 Å². The molecule has 0 spiro atoms. The third-order valence-corrected chi connectivity index (χ3v) is 1.04. The van der Waals surface area contributed by atoms with Crippen molar-refractivity contribution in [1.29, 1.82) is 0 Å². The normalized spacial score (nSPS) is 11.0. The lowest BCUT2D eigenvalue weighted by atomic mass is 10.3. The van der Waals surface area contributed by atoms with Gasteiger partial charge in [-0.2, -0.15) is 0 Å². The molecule has 0 aromatic carbocycles. The topological polar surface area (TPSA) is 58.9 Å². The van der Waals surface area contributed by atoms with E-state index in [9.17, 15) is 9.59 Å². The van der Waals surface area contributed by atoms with Crippen LogP contribution in [0, 0.1) is 0 Å². The van der Waals surface area contributed by atoms with Crippen LogP contribution in [0.1, 0.15) is 12.8 Å². The molecule has 0 aliphatic heterocycles. The van der Waals surface area contributed by atoms with Crippen LogP contribution in [-0.4, -0.2) is 38.1 Å². The van der Waals surface area contributed by atoms with E-state index < -0.39 is 0 Å². The van der Waals surface area contributed by atoms with E-state index in [0.717, 1.165) is 25.4 Å². The smallest absolute Gasteiger partial charge is 0.141 e. The summed E-state index contributed by atoms with van der Waals surface area (Å²) in [4.78, 5) is 27.2. The van der Waals surface area contributed by atoms with Crippen molar-refractivity contribution in [3.05, 3.63) is 0 Å². The van der Waals surface area contributed by atoms with Gasteiger partial charge in [0.25, 0.3) is 0 Å². The number of hydrogen-bond acceptors (Lipinski definition) is 4. The fourth-order valence-electron chi connectivity index (χ4n) is 0.567. The number of aliphatic imine (C=N–C) groups is 2. The first-order chi connectivity index (χ1) is 5.91. The van der Waals surface area contributed by atoms with E-state index in [-0.39, 0.29) is 13.1 Å². The average molecular weight is 168 g/mol. The summed E-state index contributed by atoms with van der Waals surface area (Å²) in [6.45, 7) is 0.455. The van der Waals surface area contributed by atoms with Gasteiger partial charge in [-0.05, 0) is 25.3 Å². The van der Waals surface area contributed by atoms with Gasteiger partial charge in [0.1, 0.15) is 12.6 Å². The lowest BCUT2D eigenvalue weighted by Gasteiger charge is -1.84. The van der Waals surface area contributed by atoms with Gasteiger partial charge in [-0.15, -0.1) is 0 Å². The lowest BCUT2D eigenvalue weighted by molar-refractivity contribution is -0.107. The Balaban J connectivity index is 3.19. The zero-order valence-electron chi connectivity index (χ0n) is 6.85. The summed E-state index contributed by atoms with van der Waals surface area (Å²) >= 11 is 0. The summed E-state index contributed by atoms with van der Waals surface area (Å²) in [6, 6.07) is 0. The Hall–Kier alpha value is -1.32. The van der Waals surface area contributed by atoms with Crippen LogP contribution in [0.4, 0.5) is 0 Å². The lowest BCUT2D eigenvalue weighted by Crippen LogP contribution is -1.85. The number of carbonyl (C=O) groups is 2. The minimum atomic E-state index is 0.228. The zero-order chi connectivity index (χ0) is 9.07. The molecule has 66 valence electrons. The maximum Gasteiger partial charge on any atom is 0.141 e. The molecule has 0 atom stereocenters. The Bertz CT molecular complexity index is 156.